The lowest BCUT2D eigenvalue weighted by molar-refractivity contribution is 0.0829. The van der Waals surface area contributed by atoms with Crippen molar-refractivity contribution in [3.8, 4) is 0 Å². The third-order valence-corrected chi connectivity index (χ3v) is 7.15. The van der Waals surface area contributed by atoms with Crippen LogP contribution in [0.25, 0.3) is 0 Å². The Morgan fingerprint density at radius 3 is 2.35 bits per heavy atom. The summed E-state index contributed by atoms with van der Waals surface area (Å²) >= 11 is 0. The fourth-order valence-corrected chi connectivity index (χ4v) is 4.92. The first-order chi connectivity index (χ1) is 19.2. The molecule has 0 spiro atoms. The molecule has 6 nitrogen and oxygen atoms in total. The number of rotatable bonds is 12. The number of benzene rings is 2. The van der Waals surface area contributed by atoms with Crippen LogP contribution >= 0.6 is 0 Å². The summed E-state index contributed by atoms with van der Waals surface area (Å²) in [6.07, 6.45) is 3.44. The second kappa shape index (κ2) is 13.5. The molecule has 0 aliphatic rings. The number of pyridine rings is 1. The van der Waals surface area contributed by atoms with E-state index in [4.69, 9.17) is 0 Å². The normalized spacial score (nSPS) is 12.8. The van der Waals surface area contributed by atoms with Gasteiger partial charge >= 0.3 is 0 Å². The van der Waals surface area contributed by atoms with Crippen LogP contribution in [0.1, 0.15) is 50.9 Å². The summed E-state index contributed by atoms with van der Waals surface area (Å²) in [5.41, 5.74) is 5.89. The molecular formula is C32H36F2N4O2. The molecule has 210 valence electrons. The molecule has 40 heavy (non-hydrogen) atoms. The molecule has 0 saturated heterocycles. The van der Waals surface area contributed by atoms with Gasteiger partial charge in [0.25, 0.3) is 5.91 Å². The number of hydrogen-bond acceptors (Lipinski definition) is 4. The van der Waals surface area contributed by atoms with E-state index < -0.39 is 23.8 Å². The minimum atomic E-state index is -1.01. The van der Waals surface area contributed by atoms with Crippen LogP contribution in [0.2, 0.25) is 0 Å². The third-order valence-electron chi connectivity index (χ3n) is 7.15. The van der Waals surface area contributed by atoms with E-state index in [-0.39, 0.29) is 18.9 Å². The monoisotopic (exact) mass is 546 g/mol. The molecule has 4 aromatic rings. The van der Waals surface area contributed by atoms with Crippen molar-refractivity contribution < 1.29 is 18.7 Å². The molecular weight excluding hydrogens is 510 g/mol. The van der Waals surface area contributed by atoms with Gasteiger partial charge in [-0.05, 0) is 79.3 Å². The maximum Gasteiger partial charge on any atom is 0.253 e. The average Bonchev–Trinajstić information content (AvgIpc) is 3.21. The van der Waals surface area contributed by atoms with Crippen LogP contribution in [-0.2, 0) is 25.9 Å². The highest BCUT2D eigenvalue weighted by Gasteiger charge is 2.25. The molecule has 0 unspecified atom stereocenters. The van der Waals surface area contributed by atoms with Crippen molar-refractivity contribution in [3.63, 3.8) is 0 Å². The number of aliphatic hydroxyl groups excluding tert-OH is 1. The van der Waals surface area contributed by atoms with Gasteiger partial charge in [-0.1, -0.05) is 31.2 Å². The van der Waals surface area contributed by atoms with Gasteiger partial charge in [0.05, 0.1) is 17.7 Å². The number of halogens is 2. The fraction of sp³-hybridized carbons (Fsp3) is 0.312. The number of aryl methyl sites for hydroxylation is 2. The van der Waals surface area contributed by atoms with Gasteiger partial charge in [0.15, 0.2) is 0 Å². The molecule has 2 aromatic carbocycles. The van der Waals surface area contributed by atoms with E-state index in [1.54, 1.807) is 12.4 Å². The molecule has 2 heterocycles. The molecule has 0 fully saturated rings. The molecule has 2 aromatic heterocycles. The van der Waals surface area contributed by atoms with Crippen LogP contribution in [0.15, 0.2) is 73.1 Å². The van der Waals surface area contributed by atoms with Crippen LogP contribution in [-0.4, -0.2) is 39.3 Å². The van der Waals surface area contributed by atoms with Crippen molar-refractivity contribution in [1.29, 1.82) is 0 Å². The number of carbonyl (C=O) groups is 1. The summed E-state index contributed by atoms with van der Waals surface area (Å²) in [5, 5.41) is 17.3. The van der Waals surface area contributed by atoms with Gasteiger partial charge in [0.1, 0.15) is 11.6 Å². The van der Waals surface area contributed by atoms with E-state index in [2.05, 4.69) is 34.7 Å². The predicted octanol–water partition coefficient (Wildman–Crippen LogP) is 4.88. The minimum Gasteiger partial charge on any atom is -0.390 e. The van der Waals surface area contributed by atoms with Crippen molar-refractivity contribution in [2.45, 2.75) is 58.8 Å². The smallest absolute Gasteiger partial charge is 0.253 e. The lowest BCUT2D eigenvalue weighted by atomic mass is 10.00. The average molecular weight is 547 g/mol. The van der Waals surface area contributed by atoms with Crippen LogP contribution in [0.3, 0.4) is 0 Å². The number of hydrogen-bond donors (Lipinski definition) is 3. The van der Waals surface area contributed by atoms with Crippen LogP contribution < -0.4 is 10.6 Å². The zero-order valence-electron chi connectivity index (χ0n) is 23.1. The maximum absolute atomic E-state index is 13.9. The Bertz CT molecular complexity index is 1420. The van der Waals surface area contributed by atoms with E-state index in [0.717, 1.165) is 35.0 Å². The SMILES string of the molecule is CCc1cccc(CNC[C@H](O)[C@@H](Cc2cc(F)cc(F)c2)NC(=O)c2cc(C)n(Cc3ccncc3)c2C)c1. The molecule has 0 aliphatic carbocycles. The van der Waals surface area contributed by atoms with Gasteiger partial charge in [-0.25, -0.2) is 8.78 Å². The van der Waals surface area contributed by atoms with Crippen molar-refractivity contribution in [2.75, 3.05) is 6.54 Å². The Kier molecular flexibility index (Phi) is 9.79. The van der Waals surface area contributed by atoms with Crippen molar-refractivity contribution >= 4 is 5.91 Å². The topological polar surface area (TPSA) is 79.2 Å². The lowest BCUT2D eigenvalue weighted by Gasteiger charge is -2.25. The zero-order chi connectivity index (χ0) is 28.6. The molecule has 0 aliphatic heterocycles. The summed E-state index contributed by atoms with van der Waals surface area (Å²) in [5.74, 6) is -1.77. The zero-order valence-corrected chi connectivity index (χ0v) is 23.1. The highest BCUT2D eigenvalue weighted by molar-refractivity contribution is 5.96. The van der Waals surface area contributed by atoms with Crippen molar-refractivity contribution in [1.82, 2.24) is 20.2 Å². The fourth-order valence-electron chi connectivity index (χ4n) is 4.92. The third kappa shape index (κ3) is 7.61. The first kappa shape index (κ1) is 29.1. The van der Waals surface area contributed by atoms with Crippen molar-refractivity contribution in [3.05, 3.63) is 124 Å². The molecule has 8 heteroatoms. The quantitative estimate of drug-likeness (QED) is 0.237. The minimum absolute atomic E-state index is 0.0599. The Balaban J connectivity index is 1.50. The Morgan fingerprint density at radius 2 is 1.65 bits per heavy atom. The number of nitrogens with zero attached hydrogens (tertiary/aromatic N) is 2. The summed E-state index contributed by atoms with van der Waals surface area (Å²) in [6, 6.07) is 16.3. The molecule has 0 radical (unpaired) electrons. The van der Waals surface area contributed by atoms with Crippen LogP contribution in [0.4, 0.5) is 8.78 Å². The highest BCUT2D eigenvalue weighted by Crippen LogP contribution is 2.19. The van der Waals surface area contributed by atoms with Crippen LogP contribution in [0, 0.1) is 25.5 Å². The van der Waals surface area contributed by atoms with Gasteiger partial charge in [0.2, 0.25) is 0 Å². The Hall–Kier alpha value is -3.88. The molecule has 2 atom stereocenters. The highest BCUT2D eigenvalue weighted by atomic mass is 19.1. The van der Waals surface area contributed by atoms with Gasteiger partial charge < -0.3 is 20.3 Å². The Labute approximate surface area is 234 Å². The second-order valence-electron chi connectivity index (χ2n) is 10.2. The second-order valence-corrected chi connectivity index (χ2v) is 10.2. The largest absolute Gasteiger partial charge is 0.390 e. The maximum atomic E-state index is 13.9. The van der Waals surface area contributed by atoms with Crippen molar-refractivity contribution in [2.24, 2.45) is 0 Å². The summed E-state index contributed by atoms with van der Waals surface area (Å²) in [4.78, 5) is 17.5. The first-order valence-corrected chi connectivity index (χ1v) is 13.5. The number of carbonyl (C=O) groups excluding carboxylic acids is 1. The van der Waals surface area contributed by atoms with E-state index in [1.165, 1.54) is 17.7 Å². The standard InChI is InChI=1S/C32H36F2N4O2/c1-4-23-6-5-7-25(13-23)18-36-19-31(39)30(16-26-14-27(33)17-28(34)15-26)37-32(40)29-12-21(2)38(22(29)3)20-24-8-10-35-11-9-24/h5-15,17,30-31,36,39H,4,16,18-20H2,1-3H3,(H,37,40)/t30-,31+/m1/s1. The number of nitrogens with one attached hydrogen (secondary N) is 2. The molecule has 4 rings (SSSR count). The summed E-state index contributed by atoms with van der Waals surface area (Å²) in [6.45, 7) is 7.21. The summed E-state index contributed by atoms with van der Waals surface area (Å²) < 4.78 is 29.9. The molecule has 3 N–H and O–H groups in total. The molecule has 0 saturated carbocycles. The molecule has 1 amide bonds. The number of amides is 1. The van der Waals surface area contributed by atoms with E-state index in [1.807, 2.05) is 48.7 Å². The van der Waals surface area contributed by atoms with E-state index in [9.17, 15) is 18.7 Å². The van der Waals surface area contributed by atoms with E-state index in [0.29, 0.717) is 24.2 Å². The first-order valence-electron chi connectivity index (χ1n) is 13.5. The van der Waals surface area contributed by atoms with Gasteiger partial charge in [-0.3, -0.25) is 9.78 Å². The van der Waals surface area contributed by atoms with Gasteiger partial charge in [-0.15, -0.1) is 0 Å². The predicted molar refractivity (Wildman–Crippen MR) is 152 cm³/mol. The van der Waals surface area contributed by atoms with Gasteiger partial charge in [-0.2, -0.15) is 0 Å². The Morgan fingerprint density at radius 1 is 0.950 bits per heavy atom. The summed E-state index contributed by atoms with van der Waals surface area (Å²) in [7, 11) is 0. The van der Waals surface area contributed by atoms with Crippen LogP contribution in [0.5, 0.6) is 0 Å². The number of aromatic nitrogens is 2. The lowest BCUT2D eigenvalue weighted by Crippen LogP contribution is -2.48. The number of aliphatic hydroxyl groups is 1. The van der Waals surface area contributed by atoms with Gasteiger partial charge in [0, 0.05) is 49.5 Å². The van der Waals surface area contributed by atoms with E-state index >= 15 is 0 Å². The molecule has 0 bridgehead atoms.